The van der Waals surface area contributed by atoms with Gasteiger partial charge < -0.3 is 5.32 Å². The van der Waals surface area contributed by atoms with Gasteiger partial charge in [-0.25, -0.2) is 4.98 Å². The van der Waals surface area contributed by atoms with E-state index in [1.807, 2.05) is 53.1 Å². The monoisotopic (exact) mass is 293 g/mol. The summed E-state index contributed by atoms with van der Waals surface area (Å²) in [5, 5.41) is 2.93. The first-order valence-electron chi connectivity index (χ1n) is 7.60. The zero-order chi connectivity index (χ0) is 15.4. The number of nitrogens with one attached hydrogen (secondary N) is 1. The first-order chi connectivity index (χ1) is 10.8. The van der Waals surface area contributed by atoms with E-state index in [1.165, 1.54) is 0 Å². The molecular formula is C18H19N3O. The topological polar surface area (TPSA) is 46.9 Å². The van der Waals surface area contributed by atoms with Gasteiger partial charge in [0.1, 0.15) is 6.33 Å². The van der Waals surface area contributed by atoms with Gasteiger partial charge >= 0.3 is 0 Å². The molecule has 4 nitrogen and oxygen atoms in total. The van der Waals surface area contributed by atoms with E-state index in [1.54, 1.807) is 6.33 Å². The predicted molar refractivity (Wildman–Crippen MR) is 88.3 cm³/mol. The van der Waals surface area contributed by atoms with Crippen LogP contribution in [-0.2, 0) is 0 Å². The molecule has 0 radical (unpaired) electrons. The average Bonchev–Trinajstić information content (AvgIpc) is 2.99. The quantitative estimate of drug-likeness (QED) is 0.731. The minimum atomic E-state index is -0.0374. The van der Waals surface area contributed by atoms with Crippen LogP contribution in [0.3, 0.4) is 0 Å². The van der Waals surface area contributed by atoms with Gasteiger partial charge in [0.2, 0.25) is 0 Å². The van der Waals surface area contributed by atoms with Crippen molar-refractivity contribution in [1.29, 1.82) is 0 Å². The van der Waals surface area contributed by atoms with Gasteiger partial charge in [0.15, 0.2) is 0 Å². The van der Waals surface area contributed by atoms with Crippen LogP contribution < -0.4 is 5.32 Å². The maximum absolute atomic E-state index is 12.1. The molecule has 3 aromatic rings. The Morgan fingerprint density at radius 2 is 2.00 bits per heavy atom. The number of fused-ring (bicyclic) bond motifs is 1. The molecule has 0 aliphatic carbocycles. The molecule has 2 aromatic carbocycles. The molecule has 0 fully saturated rings. The fourth-order valence-electron chi connectivity index (χ4n) is 2.43. The molecule has 0 spiro atoms. The second kappa shape index (κ2) is 6.43. The summed E-state index contributed by atoms with van der Waals surface area (Å²) >= 11 is 0. The maximum atomic E-state index is 12.1. The van der Waals surface area contributed by atoms with E-state index < -0.39 is 0 Å². The summed E-state index contributed by atoms with van der Waals surface area (Å²) in [5.74, 6) is -0.0374. The van der Waals surface area contributed by atoms with Gasteiger partial charge in [0.25, 0.3) is 5.91 Å². The van der Waals surface area contributed by atoms with Gasteiger partial charge in [0, 0.05) is 17.8 Å². The number of carbonyl (C=O) groups excluding carboxylic acids is 1. The average molecular weight is 293 g/mol. The van der Waals surface area contributed by atoms with Crippen LogP contribution in [0.4, 0.5) is 0 Å². The SMILES string of the molecule is CCCCNC(=O)c1ccc2c(c1)ncn2-c1ccccc1. The molecule has 0 saturated carbocycles. The van der Waals surface area contributed by atoms with Crippen molar-refractivity contribution in [1.82, 2.24) is 14.9 Å². The third-order valence-electron chi connectivity index (χ3n) is 3.66. The highest BCUT2D eigenvalue weighted by atomic mass is 16.1. The Bertz CT molecular complexity index is 777. The van der Waals surface area contributed by atoms with Crippen molar-refractivity contribution >= 4 is 16.9 Å². The highest BCUT2D eigenvalue weighted by molar-refractivity contribution is 5.97. The first-order valence-corrected chi connectivity index (χ1v) is 7.60. The molecule has 0 unspecified atom stereocenters. The zero-order valence-corrected chi connectivity index (χ0v) is 12.6. The number of aromatic nitrogens is 2. The number of hydrogen-bond acceptors (Lipinski definition) is 2. The summed E-state index contributed by atoms with van der Waals surface area (Å²) in [6.07, 6.45) is 3.86. The van der Waals surface area contributed by atoms with Crippen LogP contribution in [0, 0.1) is 0 Å². The van der Waals surface area contributed by atoms with Crippen molar-refractivity contribution in [3.8, 4) is 5.69 Å². The van der Waals surface area contributed by atoms with Crippen LogP contribution in [0.5, 0.6) is 0 Å². The number of nitrogens with zero attached hydrogens (tertiary/aromatic N) is 2. The number of rotatable bonds is 5. The van der Waals surface area contributed by atoms with Crippen molar-refractivity contribution in [2.75, 3.05) is 6.54 Å². The van der Waals surface area contributed by atoms with Gasteiger partial charge in [-0.2, -0.15) is 0 Å². The summed E-state index contributed by atoms with van der Waals surface area (Å²) in [6, 6.07) is 15.7. The highest BCUT2D eigenvalue weighted by Gasteiger charge is 2.09. The third kappa shape index (κ3) is 2.86. The second-order valence-corrected chi connectivity index (χ2v) is 5.26. The number of benzene rings is 2. The molecular weight excluding hydrogens is 274 g/mol. The van der Waals surface area contributed by atoms with Crippen LogP contribution in [0.2, 0.25) is 0 Å². The first kappa shape index (κ1) is 14.3. The molecule has 1 amide bonds. The minimum absolute atomic E-state index is 0.0374. The maximum Gasteiger partial charge on any atom is 0.251 e. The van der Waals surface area contributed by atoms with E-state index in [9.17, 15) is 4.79 Å². The molecule has 0 aliphatic heterocycles. The molecule has 0 atom stereocenters. The number of amides is 1. The van der Waals surface area contributed by atoms with Crippen molar-refractivity contribution in [2.24, 2.45) is 0 Å². The van der Waals surface area contributed by atoms with Gasteiger partial charge in [-0.1, -0.05) is 31.5 Å². The third-order valence-corrected chi connectivity index (χ3v) is 3.66. The smallest absolute Gasteiger partial charge is 0.251 e. The Morgan fingerprint density at radius 1 is 1.18 bits per heavy atom. The van der Waals surface area contributed by atoms with E-state index in [0.29, 0.717) is 12.1 Å². The Labute approximate surface area is 129 Å². The second-order valence-electron chi connectivity index (χ2n) is 5.26. The molecule has 1 N–H and O–H groups in total. The lowest BCUT2D eigenvalue weighted by atomic mass is 10.2. The van der Waals surface area contributed by atoms with Gasteiger partial charge in [-0.05, 0) is 36.8 Å². The van der Waals surface area contributed by atoms with E-state index in [4.69, 9.17) is 0 Å². The Balaban J connectivity index is 1.88. The lowest BCUT2D eigenvalue weighted by Gasteiger charge is -2.06. The number of imidazole rings is 1. The normalized spacial score (nSPS) is 10.8. The Hall–Kier alpha value is -2.62. The van der Waals surface area contributed by atoms with Crippen LogP contribution in [0.25, 0.3) is 16.7 Å². The fraction of sp³-hybridized carbons (Fsp3) is 0.222. The van der Waals surface area contributed by atoms with E-state index in [0.717, 1.165) is 29.6 Å². The number of carbonyl (C=O) groups is 1. The van der Waals surface area contributed by atoms with Crippen LogP contribution >= 0.6 is 0 Å². The molecule has 0 saturated heterocycles. The number of unbranched alkanes of at least 4 members (excludes halogenated alkanes) is 1. The summed E-state index contributed by atoms with van der Waals surface area (Å²) < 4.78 is 2.02. The minimum Gasteiger partial charge on any atom is -0.352 e. The molecule has 0 bridgehead atoms. The molecule has 1 heterocycles. The molecule has 1 aromatic heterocycles. The lowest BCUT2D eigenvalue weighted by Crippen LogP contribution is -2.24. The summed E-state index contributed by atoms with van der Waals surface area (Å²) in [5.41, 5.74) is 3.54. The van der Waals surface area contributed by atoms with Crippen molar-refractivity contribution < 1.29 is 4.79 Å². The molecule has 4 heteroatoms. The molecule has 3 rings (SSSR count). The zero-order valence-electron chi connectivity index (χ0n) is 12.6. The fourth-order valence-corrected chi connectivity index (χ4v) is 2.43. The van der Waals surface area contributed by atoms with Gasteiger partial charge in [-0.3, -0.25) is 9.36 Å². The summed E-state index contributed by atoms with van der Waals surface area (Å²) in [6.45, 7) is 2.82. The van der Waals surface area contributed by atoms with Crippen LogP contribution in [0.1, 0.15) is 30.1 Å². The van der Waals surface area contributed by atoms with E-state index in [2.05, 4.69) is 17.2 Å². The van der Waals surface area contributed by atoms with Crippen LogP contribution in [0.15, 0.2) is 54.9 Å². The number of hydrogen-bond donors (Lipinski definition) is 1. The molecule has 112 valence electrons. The van der Waals surface area contributed by atoms with Gasteiger partial charge in [0.05, 0.1) is 11.0 Å². The van der Waals surface area contributed by atoms with E-state index >= 15 is 0 Å². The highest BCUT2D eigenvalue weighted by Crippen LogP contribution is 2.19. The van der Waals surface area contributed by atoms with Crippen molar-refractivity contribution in [2.45, 2.75) is 19.8 Å². The van der Waals surface area contributed by atoms with Crippen LogP contribution in [-0.4, -0.2) is 22.0 Å². The summed E-state index contributed by atoms with van der Waals surface area (Å²) in [4.78, 5) is 16.5. The standard InChI is InChI=1S/C18H19N3O/c1-2-3-11-19-18(22)14-9-10-17-16(12-14)20-13-21(17)15-7-5-4-6-8-15/h4-10,12-13H,2-3,11H2,1H3,(H,19,22). The Kier molecular flexibility index (Phi) is 4.19. The largest absolute Gasteiger partial charge is 0.352 e. The Morgan fingerprint density at radius 3 is 2.77 bits per heavy atom. The van der Waals surface area contributed by atoms with Gasteiger partial charge in [-0.15, -0.1) is 0 Å². The summed E-state index contributed by atoms with van der Waals surface area (Å²) in [7, 11) is 0. The van der Waals surface area contributed by atoms with Crippen molar-refractivity contribution in [3.05, 3.63) is 60.4 Å². The van der Waals surface area contributed by atoms with E-state index in [-0.39, 0.29) is 5.91 Å². The molecule has 22 heavy (non-hydrogen) atoms. The molecule has 0 aliphatic rings. The van der Waals surface area contributed by atoms with Crippen molar-refractivity contribution in [3.63, 3.8) is 0 Å². The predicted octanol–water partition coefficient (Wildman–Crippen LogP) is 3.56. The lowest BCUT2D eigenvalue weighted by molar-refractivity contribution is 0.0953. The number of para-hydroxylation sites is 1.